The first kappa shape index (κ1) is 14.5. The highest BCUT2D eigenvalue weighted by Gasteiger charge is 2.21. The van der Waals surface area contributed by atoms with Crippen LogP contribution in [0.5, 0.6) is 0 Å². The fourth-order valence-electron chi connectivity index (χ4n) is 1.41. The van der Waals surface area contributed by atoms with Crippen LogP contribution < -0.4 is 9.03 Å². The molecular weight excluding hydrogens is 256 g/mol. The van der Waals surface area contributed by atoms with Crippen molar-refractivity contribution in [3.63, 3.8) is 0 Å². The van der Waals surface area contributed by atoms with Gasteiger partial charge in [-0.25, -0.2) is 4.72 Å². The van der Waals surface area contributed by atoms with Crippen molar-refractivity contribution in [2.45, 2.75) is 13.3 Å². The first-order valence-corrected chi connectivity index (χ1v) is 6.80. The minimum atomic E-state index is -3.70. The molecule has 7 heteroatoms. The number of nitrogens with zero attached hydrogens (tertiary/aromatic N) is 1. The molecule has 18 heavy (non-hydrogen) atoms. The van der Waals surface area contributed by atoms with Gasteiger partial charge >= 0.3 is 16.2 Å². The Balaban J connectivity index is 3.04. The predicted octanol–water partition coefficient (Wildman–Crippen LogP) is 0.740. The van der Waals surface area contributed by atoms with E-state index in [9.17, 15) is 13.2 Å². The Morgan fingerprint density at radius 3 is 2.33 bits per heavy atom. The van der Waals surface area contributed by atoms with Gasteiger partial charge in [-0.2, -0.15) is 8.42 Å². The number of benzene rings is 1. The topological polar surface area (TPSA) is 86.7 Å². The Morgan fingerprint density at radius 1 is 1.33 bits per heavy atom. The number of anilines is 1. The van der Waals surface area contributed by atoms with E-state index < -0.39 is 16.2 Å². The summed E-state index contributed by atoms with van der Waals surface area (Å²) in [4.78, 5) is 10.6. The number of hydrogen-bond donors (Lipinski definition) is 2. The SMILES string of the molecule is CNS(=O)(=O)N(CCC(=O)O)c1ccc(C)cc1. The molecule has 1 aromatic carbocycles. The van der Waals surface area contributed by atoms with Crippen LogP contribution in [-0.2, 0) is 15.0 Å². The monoisotopic (exact) mass is 272 g/mol. The zero-order valence-electron chi connectivity index (χ0n) is 10.3. The molecule has 1 rings (SSSR count). The maximum Gasteiger partial charge on any atom is 0.305 e. The smallest absolute Gasteiger partial charge is 0.305 e. The third-order valence-corrected chi connectivity index (χ3v) is 3.89. The molecule has 0 bridgehead atoms. The lowest BCUT2D eigenvalue weighted by molar-refractivity contribution is -0.136. The third kappa shape index (κ3) is 3.71. The van der Waals surface area contributed by atoms with E-state index in [0.717, 1.165) is 9.87 Å². The molecule has 0 atom stereocenters. The molecule has 0 radical (unpaired) electrons. The third-order valence-electron chi connectivity index (χ3n) is 2.40. The van der Waals surface area contributed by atoms with Crippen molar-refractivity contribution in [1.82, 2.24) is 4.72 Å². The largest absolute Gasteiger partial charge is 0.481 e. The molecule has 0 aliphatic heterocycles. The summed E-state index contributed by atoms with van der Waals surface area (Å²) in [5.74, 6) is -1.04. The lowest BCUT2D eigenvalue weighted by atomic mass is 10.2. The zero-order chi connectivity index (χ0) is 13.8. The molecule has 0 aliphatic rings. The van der Waals surface area contributed by atoms with Crippen LogP contribution in [0.4, 0.5) is 5.69 Å². The van der Waals surface area contributed by atoms with Gasteiger partial charge in [0.15, 0.2) is 0 Å². The van der Waals surface area contributed by atoms with Crippen LogP contribution in [0.1, 0.15) is 12.0 Å². The second-order valence-corrected chi connectivity index (χ2v) is 5.56. The van der Waals surface area contributed by atoms with Crippen molar-refractivity contribution >= 4 is 21.9 Å². The minimum Gasteiger partial charge on any atom is -0.481 e. The fraction of sp³-hybridized carbons (Fsp3) is 0.364. The summed E-state index contributed by atoms with van der Waals surface area (Å²) in [6.07, 6.45) is -0.255. The molecule has 1 aromatic rings. The number of aliphatic carboxylic acids is 1. The van der Waals surface area contributed by atoms with Crippen LogP contribution in [0.2, 0.25) is 0 Å². The number of carbonyl (C=O) groups is 1. The van der Waals surface area contributed by atoms with Gasteiger partial charge in [0.1, 0.15) is 0 Å². The molecule has 2 N–H and O–H groups in total. The van der Waals surface area contributed by atoms with Crippen molar-refractivity contribution in [3.8, 4) is 0 Å². The maximum atomic E-state index is 11.8. The van der Waals surface area contributed by atoms with Gasteiger partial charge in [0.25, 0.3) is 0 Å². The van der Waals surface area contributed by atoms with E-state index in [1.807, 2.05) is 6.92 Å². The number of carboxylic acids is 1. The van der Waals surface area contributed by atoms with E-state index in [1.54, 1.807) is 24.3 Å². The Kier molecular flexibility index (Phi) is 4.69. The molecule has 0 saturated carbocycles. The Bertz CT molecular complexity index is 510. The average Bonchev–Trinajstić information content (AvgIpc) is 2.31. The molecule has 100 valence electrons. The lowest BCUT2D eigenvalue weighted by Gasteiger charge is -2.23. The number of carboxylic acid groups (broad SMARTS) is 1. The first-order chi connectivity index (χ1) is 8.36. The van der Waals surface area contributed by atoms with Gasteiger partial charge in [-0.1, -0.05) is 17.7 Å². The van der Waals surface area contributed by atoms with Crippen LogP contribution in [0, 0.1) is 6.92 Å². The van der Waals surface area contributed by atoms with E-state index in [2.05, 4.69) is 4.72 Å². The van der Waals surface area contributed by atoms with Gasteiger partial charge in [0.05, 0.1) is 12.1 Å². The van der Waals surface area contributed by atoms with Crippen LogP contribution in [0.25, 0.3) is 0 Å². The second-order valence-electron chi connectivity index (χ2n) is 3.76. The Hall–Kier alpha value is -1.60. The van der Waals surface area contributed by atoms with E-state index in [1.165, 1.54) is 7.05 Å². The van der Waals surface area contributed by atoms with Crippen LogP contribution in [0.15, 0.2) is 24.3 Å². The van der Waals surface area contributed by atoms with Crippen molar-refractivity contribution < 1.29 is 18.3 Å². The Morgan fingerprint density at radius 2 is 1.89 bits per heavy atom. The van der Waals surface area contributed by atoms with Gasteiger partial charge in [-0.15, -0.1) is 0 Å². The van der Waals surface area contributed by atoms with E-state index in [4.69, 9.17) is 5.11 Å². The molecule has 0 aliphatic carbocycles. The highest BCUT2D eigenvalue weighted by atomic mass is 32.2. The summed E-state index contributed by atoms with van der Waals surface area (Å²) in [5.41, 5.74) is 1.44. The lowest BCUT2D eigenvalue weighted by Crippen LogP contribution is -2.40. The van der Waals surface area contributed by atoms with Crippen LogP contribution in [-0.4, -0.2) is 33.1 Å². The minimum absolute atomic E-state index is 0.110. The average molecular weight is 272 g/mol. The quantitative estimate of drug-likeness (QED) is 0.799. The van der Waals surface area contributed by atoms with Crippen LogP contribution in [0.3, 0.4) is 0 Å². The van der Waals surface area contributed by atoms with Crippen LogP contribution >= 0.6 is 0 Å². The van der Waals surface area contributed by atoms with E-state index >= 15 is 0 Å². The van der Waals surface area contributed by atoms with E-state index in [0.29, 0.717) is 5.69 Å². The number of hydrogen-bond acceptors (Lipinski definition) is 3. The molecule has 6 nitrogen and oxygen atoms in total. The van der Waals surface area contributed by atoms with Crippen molar-refractivity contribution in [2.75, 3.05) is 17.9 Å². The first-order valence-electron chi connectivity index (χ1n) is 5.36. The maximum absolute atomic E-state index is 11.8. The standard InChI is InChI=1S/C11H16N2O4S/c1-9-3-5-10(6-4-9)13(8-7-11(14)15)18(16,17)12-2/h3-6,12H,7-8H2,1-2H3,(H,14,15). The predicted molar refractivity (Wildman–Crippen MR) is 68.8 cm³/mol. The second kappa shape index (κ2) is 5.83. The van der Waals surface area contributed by atoms with Crippen molar-refractivity contribution in [2.24, 2.45) is 0 Å². The summed E-state index contributed by atoms with van der Waals surface area (Å²) < 4.78 is 26.9. The highest BCUT2D eigenvalue weighted by molar-refractivity contribution is 7.90. The summed E-state index contributed by atoms with van der Waals surface area (Å²) in [5, 5.41) is 8.65. The Labute approximate surface area is 106 Å². The van der Waals surface area contributed by atoms with Gasteiger partial charge in [-0.3, -0.25) is 9.10 Å². The molecular formula is C11H16N2O4S. The molecule has 0 amide bonds. The zero-order valence-corrected chi connectivity index (χ0v) is 11.1. The molecule has 0 fully saturated rings. The van der Waals surface area contributed by atoms with Crippen molar-refractivity contribution in [3.05, 3.63) is 29.8 Å². The van der Waals surface area contributed by atoms with Gasteiger partial charge in [-0.05, 0) is 19.1 Å². The van der Waals surface area contributed by atoms with Gasteiger partial charge in [0, 0.05) is 13.6 Å². The van der Waals surface area contributed by atoms with Gasteiger partial charge in [0.2, 0.25) is 0 Å². The van der Waals surface area contributed by atoms with Gasteiger partial charge < -0.3 is 5.11 Å². The number of nitrogens with one attached hydrogen (secondary N) is 1. The molecule has 0 saturated heterocycles. The molecule has 0 spiro atoms. The molecule has 0 unspecified atom stereocenters. The fourth-order valence-corrected chi connectivity index (χ4v) is 2.36. The van der Waals surface area contributed by atoms with E-state index in [-0.39, 0.29) is 13.0 Å². The number of aryl methyl sites for hydroxylation is 1. The normalized spacial score (nSPS) is 11.2. The summed E-state index contributed by atoms with van der Waals surface area (Å²) in [6, 6.07) is 6.83. The molecule has 0 aromatic heterocycles. The van der Waals surface area contributed by atoms with Crippen molar-refractivity contribution in [1.29, 1.82) is 0 Å². The summed E-state index contributed by atoms with van der Waals surface area (Å²) in [7, 11) is -2.41. The summed E-state index contributed by atoms with van der Waals surface area (Å²) in [6.45, 7) is 1.78. The highest BCUT2D eigenvalue weighted by Crippen LogP contribution is 2.18. The number of rotatable bonds is 6. The summed E-state index contributed by atoms with van der Waals surface area (Å²) >= 11 is 0. The molecule has 0 heterocycles.